The van der Waals surface area contributed by atoms with Gasteiger partial charge < -0.3 is 10.1 Å². The van der Waals surface area contributed by atoms with E-state index in [0.29, 0.717) is 35.5 Å². The Balaban J connectivity index is 1.76. The van der Waals surface area contributed by atoms with E-state index in [-0.39, 0.29) is 21.8 Å². The fourth-order valence-corrected chi connectivity index (χ4v) is 3.50. The van der Waals surface area contributed by atoms with Crippen LogP contribution >= 0.6 is 11.8 Å². The molecule has 0 fully saturated rings. The molecule has 0 unspecified atom stereocenters. The van der Waals surface area contributed by atoms with E-state index in [9.17, 15) is 23.2 Å². The van der Waals surface area contributed by atoms with Gasteiger partial charge in [-0.1, -0.05) is 49.0 Å². The van der Waals surface area contributed by atoms with Crippen LogP contribution in [0.25, 0.3) is 10.8 Å². The third-order valence-electron chi connectivity index (χ3n) is 4.21. The minimum Gasteiger partial charge on any atom is -0.451 e. The van der Waals surface area contributed by atoms with Gasteiger partial charge in [0.1, 0.15) is 0 Å². The monoisotopic (exact) mass is 447 g/mol. The molecule has 0 atom stereocenters. The van der Waals surface area contributed by atoms with Crippen LogP contribution in [-0.4, -0.2) is 34.0 Å². The molecule has 0 aliphatic carbocycles. The number of alkyl halides is 2. The molecule has 2 aromatic carbocycles. The van der Waals surface area contributed by atoms with Crippen LogP contribution in [-0.2, 0) is 16.1 Å². The highest BCUT2D eigenvalue weighted by Gasteiger charge is 2.19. The Bertz CT molecular complexity index is 1170. The van der Waals surface area contributed by atoms with Crippen molar-refractivity contribution in [3.05, 3.63) is 64.6 Å². The molecule has 162 valence electrons. The fraction of sp³-hybridized carbons (Fsp3) is 0.238. The Kier molecular flexibility index (Phi) is 7.35. The summed E-state index contributed by atoms with van der Waals surface area (Å²) in [6, 6.07) is 12.6. The van der Waals surface area contributed by atoms with Crippen LogP contribution < -0.4 is 10.9 Å². The van der Waals surface area contributed by atoms with Gasteiger partial charge in [0.15, 0.2) is 12.3 Å². The predicted octanol–water partition coefficient (Wildman–Crippen LogP) is 3.92. The molecule has 7 nitrogen and oxygen atoms in total. The average Bonchev–Trinajstić information content (AvgIpc) is 2.75. The molecule has 0 saturated heterocycles. The van der Waals surface area contributed by atoms with Crippen molar-refractivity contribution >= 4 is 40.1 Å². The summed E-state index contributed by atoms with van der Waals surface area (Å²) in [6.45, 7) is 1.55. The van der Waals surface area contributed by atoms with E-state index >= 15 is 0 Å². The van der Waals surface area contributed by atoms with E-state index in [4.69, 9.17) is 4.74 Å². The normalized spacial score (nSPS) is 11.0. The standard InChI is InChI=1S/C21H19F2N3O4S/c1-2-11-26-19(28)14-8-4-3-7-13(14)18(25-26)20(29)30-12-17(27)24-15-9-5-6-10-16(15)31-21(22)23/h3-10,21H,2,11-12H2,1H3,(H,24,27). The molecule has 10 heteroatoms. The number of carbonyl (C=O) groups excluding carboxylic acids is 2. The number of benzene rings is 2. The van der Waals surface area contributed by atoms with Crippen molar-refractivity contribution in [3.8, 4) is 0 Å². The molecule has 0 spiro atoms. The zero-order valence-electron chi connectivity index (χ0n) is 16.5. The van der Waals surface area contributed by atoms with Crippen molar-refractivity contribution in [1.82, 2.24) is 9.78 Å². The summed E-state index contributed by atoms with van der Waals surface area (Å²) >= 11 is 0.299. The van der Waals surface area contributed by atoms with E-state index in [1.807, 2.05) is 6.92 Å². The van der Waals surface area contributed by atoms with Gasteiger partial charge in [0.25, 0.3) is 17.2 Å². The summed E-state index contributed by atoms with van der Waals surface area (Å²) in [5.41, 5.74) is -0.209. The number of anilines is 1. The first kappa shape index (κ1) is 22.4. The molecule has 1 aromatic heterocycles. The molecular weight excluding hydrogens is 428 g/mol. The van der Waals surface area contributed by atoms with E-state index in [1.54, 1.807) is 36.4 Å². The van der Waals surface area contributed by atoms with Crippen molar-refractivity contribution in [3.63, 3.8) is 0 Å². The number of fused-ring (bicyclic) bond motifs is 1. The van der Waals surface area contributed by atoms with Crippen molar-refractivity contribution in [2.24, 2.45) is 0 Å². The first-order valence-electron chi connectivity index (χ1n) is 9.41. The number of esters is 1. The number of halogens is 2. The van der Waals surface area contributed by atoms with Crippen LogP contribution in [0.3, 0.4) is 0 Å². The maximum absolute atomic E-state index is 12.7. The highest BCUT2D eigenvalue weighted by Crippen LogP contribution is 2.31. The number of amides is 1. The van der Waals surface area contributed by atoms with Gasteiger partial charge in [0.2, 0.25) is 0 Å². The Morgan fingerprint density at radius 2 is 1.81 bits per heavy atom. The van der Waals surface area contributed by atoms with Crippen LogP contribution in [0.5, 0.6) is 0 Å². The number of nitrogens with zero attached hydrogens (tertiary/aromatic N) is 2. The number of nitrogens with one attached hydrogen (secondary N) is 1. The molecule has 3 aromatic rings. The molecule has 1 heterocycles. The van der Waals surface area contributed by atoms with Crippen molar-refractivity contribution in [1.29, 1.82) is 0 Å². The number of thioether (sulfide) groups is 1. The Morgan fingerprint density at radius 1 is 1.13 bits per heavy atom. The van der Waals surface area contributed by atoms with Gasteiger partial charge in [-0.05, 0) is 24.6 Å². The lowest BCUT2D eigenvalue weighted by Crippen LogP contribution is -2.27. The second-order valence-electron chi connectivity index (χ2n) is 6.42. The molecule has 3 rings (SSSR count). The zero-order valence-corrected chi connectivity index (χ0v) is 17.3. The van der Waals surface area contributed by atoms with Crippen molar-refractivity contribution < 1.29 is 23.1 Å². The minimum absolute atomic E-state index is 0.0786. The van der Waals surface area contributed by atoms with Gasteiger partial charge in [0, 0.05) is 16.8 Å². The highest BCUT2D eigenvalue weighted by atomic mass is 32.2. The second kappa shape index (κ2) is 10.2. The Morgan fingerprint density at radius 3 is 2.52 bits per heavy atom. The van der Waals surface area contributed by atoms with Crippen molar-refractivity contribution in [2.75, 3.05) is 11.9 Å². The summed E-state index contributed by atoms with van der Waals surface area (Å²) in [4.78, 5) is 37.5. The number of hydrogen-bond donors (Lipinski definition) is 1. The molecule has 1 N–H and O–H groups in total. The number of hydrogen-bond acceptors (Lipinski definition) is 6. The molecular formula is C21H19F2N3O4S. The van der Waals surface area contributed by atoms with E-state index in [1.165, 1.54) is 16.8 Å². The first-order valence-corrected chi connectivity index (χ1v) is 10.3. The van der Waals surface area contributed by atoms with Crippen LogP contribution in [0.1, 0.15) is 23.8 Å². The summed E-state index contributed by atoms with van der Waals surface area (Å²) < 4.78 is 31.6. The Hall–Kier alpha value is -3.27. The Labute approximate surface area is 180 Å². The maximum Gasteiger partial charge on any atom is 0.359 e. The lowest BCUT2D eigenvalue weighted by Gasteiger charge is -2.12. The molecule has 0 radical (unpaired) electrons. The summed E-state index contributed by atoms with van der Waals surface area (Å²) in [5, 5.41) is 7.21. The quantitative estimate of drug-likeness (QED) is 0.416. The number of aromatic nitrogens is 2. The van der Waals surface area contributed by atoms with E-state index in [0.717, 1.165) is 0 Å². The largest absolute Gasteiger partial charge is 0.451 e. The SMILES string of the molecule is CCCn1nc(C(=O)OCC(=O)Nc2ccccc2SC(F)F)c2ccccc2c1=O. The zero-order chi connectivity index (χ0) is 22.4. The predicted molar refractivity (Wildman–Crippen MR) is 114 cm³/mol. The second-order valence-corrected chi connectivity index (χ2v) is 7.45. The third kappa shape index (κ3) is 5.46. The number of para-hydroxylation sites is 1. The highest BCUT2D eigenvalue weighted by molar-refractivity contribution is 7.99. The number of aryl methyl sites for hydroxylation is 1. The minimum atomic E-state index is -2.64. The molecule has 0 aliphatic heterocycles. The lowest BCUT2D eigenvalue weighted by atomic mass is 10.1. The molecule has 1 amide bonds. The number of rotatable bonds is 8. The van der Waals surface area contributed by atoms with E-state index < -0.39 is 24.2 Å². The van der Waals surface area contributed by atoms with Gasteiger partial charge in [-0.2, -0.15) is 13.9 Å². The average molecular weight is 447 g/mol. The molecule has 0 saturated carbocycles. The fourth-order valence-electron chi connectivity index (χ4n) is 2.90. The van der Waals surface area contributed by atoms with Crippen LogP contribution in [0.4, 0.5) is 14.5 Å². The van der Waals surface area contributed by atoms with E-state index in [2.05, 4.69) is 10.4 Å². The maximum atomic E-state index is 12.7. The van der Waals surface area contributed by atoms with Crippen LogP contribution in [0.15, 0.2) is 58.2 Å². The first-order chi connectivity index (χ1) is 14.9. The topological polar surface area (TPSA) is 90.3 Å². The smallest absolute Gasteiger partial charge is 0.359 e. The van der Waals surface area contributed by atoms with Crippen molar-refractivity contribution in [2.45, 2.75) is 30.5 Å². The van der Waals surface area contributed by atoms with Crippen LogP contribution in [0.2, 0.25) is 0 Å². The van der Waals surface area contributed by atoms with Crippen LogP contribution in [0, 0.1) is 0 Å². The van der Waals surface area contributed by atoms with Gasteiger partial charge in [-0.15, -0.1) is 0 Å². The number of ether oxygens (including phenoxy) is 1. The third-order valence-corrected chi connectivity index (χ3v) is 5.00. The van der Waals surface area contributed by atoms with Gasteiger partial charge in [-0.3, -0.25) is 9.59 Å². The lowest BCUT2D eigenvalue weighted by molar-refractivity contribution is -0.119. The molecule has 0 bridgehead atoms. The molecule has 0 aliphatic rings. The number of carbonyl (C=O) groups is 2. The summed E-state index contributed by atoms with van der Waals surface area (Å²) in [7, 11) is 0. The van der Waals surface area contributed by atoms with Gasteiger partial charge in [0.05, 0.1) is 11.1 Å². The summed E-state index contributed by atoms with van der Waals surface area (Å²) in [6.07, 6.45) is 0.637. The van der Waals surface area contributed by atoms with Gasteiger partial charge >= 0.3 is 5.97 Å². The molecule has 31 heavy (non-hydrogen) atoms. The summed E-state index contributed by atoms with van der Waals surface area (Å²) in [5.74, 6) is -4.21. The van der Waals surface area contributed by atoms with Gasteiger partial charge in [-0.25, -0.2) is 9.48 Å².